The zero-order chi connectivity index (χ0) is 13.7. The summed E-state index contributed by atoms with van der Waals surface area (Å²) in [6.45, 7) is 10.2. The van der Waals surface area contributed by atoms with Crippen molar-refractivity contribution in [1.29, 1.82) is 0 Å². The maximum Gasteiger partial charge on any atom is 0.271 e. The summed E-state index contributed by atoms with van der Waals surface area (Å²) in [5, 5.41) is 4.11. The van der Waals surface area contributed by atoms with Crippen LogP contribution >= 0.6 is 0 Å². The quantitative estimate of drug-likeness (QED) is 0.641. The number of carbonyl (C=O) groups is 1. The first-order valence-corrected chi connectivity index (χ1v) is 6.31. The number of aryl methyl sites for hydroxylation is 2. The smallest absolute Gasteiger partial charge is 0.267 e. The summed E-state index contributed by atoms with van der Waals surface area (Å²) in [4.78, 5) is 11.9. The number of hydrazone groups is 1. The van der Waals surface area contributed by atoms with E-state index in [2.05, 4.69) is 24.4 Å². The Labute approximate surface area is 109 Å². The third-order valence-electron chi connectivity index (χ3n) is 2.82. The Hall–Kier alpha value is -1.64. The number of nitrogens with one attached hydrogen (secondary N) is 1. The van der Waals surface area contributed by atoms with Crippen LogP contribution in [-0.2, 0) is 0 Å². The third-order valence-corrected chi connectivity index (χ3v) is 2.82. The van der Waals surface area contributed by atoms with Crippen molar-refractivity contribution in [2.24, 2.45) is 11.0 Å². The molecule has 1 N–H and O–H groups in total. The molecule has 1 rings (SSSR count). The Kier molecular flexibility index (Phi) is 5.08. The van der Waals surface area contributed by atoms with Gasteiger partial charge in [0.2, 0.25) is 0 Å². The highest BCUT2D eigenvalue weighted by molar-refractivity contribution is 5.95. The molecule has 0 spiro atoms. The summed E-state index contributed by atoms with van der Waals surface area (Å²) in [7, 11) is 0. The third kappa shape index (κ3) is 4.32. The Morgan fingerprint density at radius 3 is 2.50 bits per heavy atom. The van der Waals surface area contributed by atoms with Crippen LogP contribution in [-0.4, -0.2) is 11.6 Å². The fraction of sp³-hybridized carbons (Fsp3) is 0.467. The van der Waals surface area contributed by atoms with Gasteiger partial charge in [-0.05, 0) is 56.4 Å². The standard InChI is InChI=1S/C15H22N2O/c1-10(2)8-13(5)16-17-15(18)14-7-6-11(3)12(4)9-14/h6-7,9-10H,8H2,1-5H3,(H,17,18). The van der Waals surface area contributed by atoms with Gasteiger partial charge >= 0.3 is 0 Å². The lowest BCUT2D eigenvalue weighted by Gasteiger charge is -2.06. The van der Waals surface area contributed by atoms with Crippen molar-refractivity contribution < 1.29 is 4.79 Å². The molecule has 0 aliphatic heterocycles. The van der Waals surface area contributed by atoms with E-state index in [-0.39, 0.29) is 5.91 Å². The minimum atomic E-state index is -0.152. The molecule has 18 heavy (non-hydrogen) atoms. The van der Waals surface area contributed by atoms with Crippen LogP contribution in [0.3, 0.4) is 0 Å². The number of benzene rings is 1. The predicted molar refractivity (Wildman–Crippen MR) is 75.9 cm³/mol. The average Bonchev–Trinajstić information content (AvgIpc) is 2.28. The molecule has 3 nitrogen and oxygen atoms in total. The molecule has 98 valence electrons. The van der Waals surface area contributed by atoms with Gasteiger partial charge < -0.3 is 0 Å². The van der Waals surface area contributed by atoms with E-state index >= 15 is 0 Å². The summed E-state index contributed by atoms with van der Waals surface area (Å²) in [5.74, 6) is 0.397. The van der Waals surface area contributed by atoms with Crippen molar-refractivity contribution in [3.8, 4) is 0 Å². The molecule has 0 fully saturated rings. The van der Waals surface area contributed by atoms with E-state index in [1.807, 2.05) is 39.0 Å². The van der Waals surface area contributed by atoms with Crippen LogP contribution in [0.4, 0.5) is 0 Å². The molecule has 3 heteroatoms. The van der Waals surface area contributed by atoms with Gasteiger partial charge in [-0.25, -0.2) is 5.43 Å². The molecule has 0 aliphatic carbocycles. The molecule has 0 saturated heterocycles. The van der Waals surface area contributed by atoms with Crippen LogP contribution in [0.25, 0.3) is 0 Å². The summed E-state index contributed by atoms with van der Waals surface area (Å²) < 4.78 is 0. The molecular weight excluding hydrogens is 224 g/mol. The molecule has 0 unspecified atom stereocenters. The van der Waals surface area contributed by atoms with Gasteiger partial charge in [0.15, 0.2) is 0 Å². The topological polar surface area (TPSA) is 41.5 Å². The molecule has 1 aromatic carbocycles. The van der Waals surface area contributed by atoms with Gasteiger partial charge in [-0.15, -0.1) is 0 Å². The SMILES string of the molecule is CC(CC(C)C)=NNC(=O)c1ccc(C)c(C)c1. The average molecular weight is 246 g/mol. The molecule has 0 aromatic heterocycles. The second-order valence-electron chi connectivity index (χ2n) is 5.19. The highest BCUT2D eigenvalue weighted by atomic mass is 16.2. The van der Waals surface area contributed by atoms with Gasteiger partial charge in [0.25, 0.3) is 5.91 Å². The van der Waals surface area contributed by atoms with E-state index in [9.17, 15) is 4.79 Å². The lowest BCUT2D eigenvalue weighted by Crippen LogP contribution is -2.19. The fourth-order valence-corrected chi connectivity index (χ4v) is 1.73. The second kappa shape index (κ2) is 6.34. The summed E-state index contributed by atoms with van der Waals surface area (Å²) in [6.07, 6.45) is 0.896. The van der Waals surface area contributed by atoms with Crippen molar-refractivity contribution in [2.75, 3.05) is 0 Å². The number of rotatable bonds is 4. The summed E-state index contributed by atoms with van der Waals surface area (Å²) >= 11 is 0. The summed E-state index contributed by atoms with van der Waals surface area (Å²) in [6, 6.07) is 5.66. The van der Waals surface area contributed by atoms with E-state index < -0.39 is 0 Å². The van der Waals surface area contributed by atoms with Crippen molar-refractivity contribution >= 4 is 11.6 Å². The number of hydrogen-bond donors (Lipinski definition) is 1. The Morgan fingerprint density at radius 2 is 1.94 bits per heavy atom. The first-order valence-electron chi connectivity index (χ1n) is 6.31. The van der Waals surface area contributed by atoms with Crippen LogP contribution in [0.1, 0.15) is 48.7 Å². The van der Waals surface area contributed by atoms with Crippen LogP contribution in [0.2, 0.25) is 0 Å². The second-order valence-corrected chi connectivity index (χ2v) is 5.19. The van der Waals surface area contributed by atoms with E-state index in [0.29, 0.717) is 11.5 Å². The van der Waals surface area contributed by atoms with Crippen molar-refractivity contribution in [3.05, 3.63) is 34.9 Å². The summed E-state index contributed by atoms with van der Waals surface area (Å²) in [5.41, 5.74) is 6.50. The molecule has 0 radical (unpaired) electrons. The van der Waals surface area contributed by atoms with Crippen LogP contribution < -0.4 is 5.43 Å². The molecular formula is C15H22N2O. The van der Waals surface area contributed by atoms with E-state index in [1.165, 1.54) is 5.56 Å². The van der Waals surface area contributed by atoms with Crippen molar-refractivity contribution in [3.63, 3.8) is 0 Å². The molecule has 0 heterocycles. The minimum absolute atomic E-state index is 0.152. The van der Waals surface area contributed by atoms with Crippen LogP contribution in [0.15, 0.2) is 23.3 Å². The zero-order valence-electron chi connectivity index (χ0n) is 11.9. The first kappa shape index (κ1) is 14.4. The molecule has 1 amide bonds. The molecule has 0 atom stereocenters. The van der Waals surface area contributed by atoms with Gasteiger partial charge in [0.1, 0.15) is 0 Å². The van der Waals surface area contributed by atoms with Crippen molar-refractivity contribution in [2.45, 2.75) is 41.0 Å². The molecule has 1 aromatic rings. The van der Waals surface area contributed by atoms with E-state index in [1.54, 1.807) is 0 Å². The maximum absolute atomic E-state index is 11.9. The molecule has 0 aliphatic rings. The van der Waals surface area contributed by atoms with Crippen LogP contribution in [0.5, 0.6) is 0 Å². The largest absolute Gasteiger partial charge is 0.271 e. The Bertz CT molecular complexity index is 462. The van der Waals surface area contributed by atoms with Crippen molar-refractivity contribution in [1.82, 2.24) is 5.43 Å². The number of amides is 1. The lowest BCUT2D eigenvalue weighted by molar-refractivity contribution is 0.0954. The minimum Gasteiger partial charge on any atom is -0.267 e. The number of nitrogens with zero attached hydrogens (tertiary/aromatic N) is 1. The molecule has 0 bridgehead atoms. The highest BCUT2D eigenvalue weighted by Gasteiger charge is 2.06. The van der Waals surface area contributed by atoms with Crippen LogP contribution in [0, 0.1) is 19.8 Å². The number of hydrogen-bond acceptors (Lipinski definition) is 2. The lowest BCUT2D eigenvalue weighted by atomic mass is 10.1. The van der Waals surface area contributed by atoms with E-state index in [4.69, 9.17) is 0 Å². The van der Waals surface area contributed by atoms with E-state index in [0.717, 1.165) is 17.7 Å². The van der Waals surface area contributed by atoms with Gasteiger partial charge in [-0.2, -0.15) is 5.10 Å². The zero-order valence-corrected chi connectivity index (χ0v) is 11.9. The van der Waals surface area contributed by atoms with Gasteiger partial charge in [-0.1, -0.05) is 19.9 Å². The normalized spacial score (nSPS) is 11.8. The maximum atomic E-state index is 11.9. The fourth-order valence-electron chi connectivity index (χ4n) is 1.73. The first-order chi connectivity index (χ1) is 8.40. The highest BCUT2D eigenvalue weighted by Crippen LogP contribution is 2.09. The Balaban J connectivity index is 2.68. The monoisotopic (exact) mass is 246 g/mol. The Morgan fingerprint density at radius 1 is 1.28 bits per heavy atom. The van der Waals surface area contributed by atoms with Gasteiger partial charge in [0, 0.05) is 11.3 Å². The number of carbonyl (C=O) groups excluding carboxylic acids is 1. The van der Waals surface area contributed by atoms with Gasteiger partial charge in [-0.3, -0.25) is 4.79 Å². The predicted octanol–water partition coefficient (Wildman–Crippen LogP) is 3.46. The van der Waals surface area contributed by atoms with Gasteiger partial charge in [0.05, 0.1) is 0 Å². The molecule has 0 saturated carbocycles.